The van der Waals surface area contributed by atoms with Gasteiger partial charge in [-0.05, 0) is 52.7 Å². The normalized spacial score (nSPS) is 17.8. The predicted molar refractivity (Wildman–Crippen MR) is 121 cm³/mol. The first kappa shape index (κ1) is 23.1. The number of rotatable bonds is 3. The number of allylic oxidation sites excluding steroid dienone is 2. The fraction of sp³-hybridized carbons (Fsp3) is 0.263. The largest absolute Gasteiger partial charge is 0.353 e. The SMILES string of the molecule is CN(C)/C(Cl)=N/C1=C(C#N)C(c2ccc(Cl)cc2)C(C#N)=C(/N=C(\Cl)N(C)C)S1. The van der Waals surface area contributed by atoms with Gasteiger partial charge in [0.15, 0.2) is 10.6 Å². The van der Waals surface area contributed by atoms with Crippen LogP contribution >= 0.6 is 46.6 Å². The molecule has 0 spiro atoms. The topological polar surface area (TPSA) is 78.8 Å². The maximum absolute atomic E-state index is 9.89. The zero-order chi connectivity index (χ0) is 21.7. The van der Waals surface area contributed by atoms with E-state index in [4.69, 9.17) is 34.8 Å². The number of nitrogens with zero attached hydrogens (tertiary/aromatic N) is 6. The first-order chi connectivity index (χ1) is 13.7. The number of hydrogen-bond donors (Lipinski definition) is 0. The number of benzene rings is 1. The molecule has 10 heteroatoms. The van der Waals surface area contributed by atoms with Crippen molar-refractivity contribution in [2.24, 2.45) is 9.98 Å². The van der Waals surface area contributed by atoms with Crippen LogP contribution in [-0.2, 0) is 0 Å². The summed E-state index contributed by atoms with van der Waals surface area (Å²) in [7, 11) is 6.95. The van der Waals surface area contributed by atoms with E-state index in [2.05, 4.69) is 22.1 Å². The van der Waals surface area contributed by atoms with Gasteiger partial charge in [0, 0.05) is 33.2 Å². The number of thioether (sulfide) groups is 1. The molecule has 0 aliphatic carbocycles. The average Bonchev–Trinajstić information content (AvgIpc) is 2.67. The lowest BCUT2D eigenvalue weighted by Crippen LogP contribution is -2.19. The van der Waals surface area contributed by atoms with Crippen molar-refractivity contribution < 1.29 is 0 Å². The summed E-state index contributed by atoms with van der Waals surface area (Å²) in [5.74, 6) is -0.667. The predicted octanol–water partition coefficient (Wildman–Crippen LogP) is 4.95. The fourth-order valence-corrected chi connectivity index (χ4v) is 3.73. The second-order valence-electron chi connectivity index (χ2n) is 6.30. The quantitative estimate of drug-likeness (QED) is 0.357. The highest BCUT2D eigenvalue weighted by Crippen LogP contribution is 2.47. The maximum atomic E-state index is 9.89. The van der Waals surface area contributed by atoms with Gasteiger partial charge in [-0.2, -0.15) is 10.5 Å². The molecule has 0 aromatic heterocycles. The lowest BCUT2D eigenvalue weighted by molar-refractivity contribution is 0.634. The van der Waals surface area contributed by atoms with Crippen molar-refractivity contribution in [3.8, 4) is 12.1 Å². The van der Waals surface area contributed by atoms with E-state index in [1.165, 1.54) is 0 Å². The molecule has 0 amide bonds. The van der Waals surface area contributed by atoms with Crippen LogP contribution in [0.5, 0.6) is 0 Å². The van der Waals surface area contributed by atoms with Gasteiger partial charge >= 0.3 is 0 Å². The smallest absolute Gasteiger partial charge is 0.199 e. The minimum absolute atomic E-state index is 0.192. The Hall–Kier alpha value is -2.16. The highest BCUT2D eigenvalue weighted by molar-refractivity contribution is 8.06. The number of nitriles is 2. The number of hydrogen-bond acceptors (Lipinski definition) is 5. The number of halogens is 3. The zero-order valence-electron chi connectivity index (χ0n) is 16.1. The molecule has 150 valence electrons. The number of aliphatic imine (C=N–C) groups is 2. The van der Waals surface area contributed by atoms with Crippen molar-refractivity contribution in [2.75, 3.05) is 28.2 Å². The molecule has 29 heavy (non-hydrogen) atoms. The Bertz CT molecular complexity index is 936. The molecule has 1 aliphatic heterocycles. The molecular formula is C19H17Cl3N6S. The Balaban J connectivity index is 2.78. The highest BCUT2D eigenvalue weighted by Gasteiger charge is 2.33. The Kier molecular flexibility index (Phi) is 8.01. The molecule has 0 radical (unpaired) electrons. The van der Waals surface area contributed by atoms with Gasteiger partial charge in [-0.3, -0.25) is 0 Å². The van der Waals surface area contributed by atoms with Crippen LogP contribution in [0.2, 0.25) is 5.02 Å². The van der Waals surface area contributed by atoms with Crippen molar-refractivity contribution in [2.45, 2.75) is 5.92 Å². The van der Waals surface area contributed by atoms with Gasteiger partial charge in [0.2, 0.25) is 0 Å². The molecule has 0 atom stereocenters. The van der Waals surface area contributed by atoms with Crippen LogP contribution in [0.25, 0.3) is 0 Å². The molecule has 0 unspecified atom stereocenters. The van der Waals surface area contributed by atoms with E-state index in [1.807, 2.05) is 0 Å². The second-order valence-corrected chi connectivity index (χ2v) is 8.39. The molecule has 0 bridgehead atoms. The summed E-state index contributed by atoms with van der Waals surface area (Å²) in [5.41, 5.74) is 1.31. The maximum Gasteiger partial charge on any atom is 0.199 e. The van der Waals surface area contributed by atoms with Crippen LogP contribution in [0.3, 0.4) is 0 Å². The highest BCUT2D eigenvalue weighted by atomic mass is 35.5. The molecular weight excluding hydrogens is 451 g/mol. The second kappa shape index (κ2) is 10.0. The van der Waals surface area contributed by atoms with Crippen LogP contribution < -0.4 is 0 Å². The van der Waals surface area contributed by atoms with Gasteiger partial charge in [-0.1, -0.05) is 23.7 Å². The van der Waals surface area contributed by atoms with E-state index in [-0.39, 0.29) is 10.6 Å². The van der Waals surface area contributed by atoms with Crippen LogP contribution in [0.4, 0.5) is 0 Å². The van der Waals surface area contributed by atoms with Crippen LogP contribution in [0, 0.1) is 22.7 Å². The summed E-state index contributed by atoms with van der Waals surface area (Å²) < 4.78 is 0. The molecule has 0 saturated carbocycles. The Labute approximate surface area is 189 Å². The molecule has 0 saturated heterocycles. The molecule has 0 N–H and O–H groups in total. The third-order valence-corrected chi connectivity index (χ3v) is 5.91. The van der Waals surface area contributed by atoms with Crippen molar-refractivity contribution in [3.63, 3.8) is 0 Å². The molecule has 0 fully saturated rings. The van der Waals surface area contributed by atoms with E-state index in [0.717, 1.165) is 11.8 Å². The Morgan fingerprint density at radius 1 is 0.897 bits per heavy atom. The van der Waals surface area contributed by atoms with Gasteiger partial charge in [0.1, 0.15) is 10.1 Å². The van der Waals surface area contributed by atoms with Gasteiger partial charge in [0.25, 0.3) is 0 Å². The van der Waals surface area contributed by atoms with Crippen LogP contribution in [-0.4, -0.2) is 48.6 Å². The van der Waals surface area contributed by atoms with Gasteiger partial charge < -0.3 is 9.80 Å². The molecule has 1 aliphatic rings. The van der Waals surface area contributed by atoms with Crippen molar-refractivity contribution >= 4 is 57.2 Å². The lowest BCUT2D eigenvalue weighted by Gasteiger charge is -2.24. The van der Waals surface area contributed by atoms with E-state index in [1.54, 1.807) is 62.3 Å². The van der Waals surface area contributed by atoms with Gasteiger partial charge in [-0.25, -0.2) is 9.98 Å². The summed E-state index contributed by atoms with van der Waals surface area (Å²) in [5, 5.41) is 21.4. The Morgan fingerprint density at radius 2 is 1.31 bits per heavy atom. The summed E-state index contributed by atoms with van der Waals surface area (Å²) in [6.45, 7) is 0. The first-order valence-corrected chi connectivity index (χ1v) is 10.2. The van der Waals surface area contributed by atoms with Crippen LogP contribution in [0.15, 0.2) is 55.5 Å². The van der Waals surface area contributed by atoms with E-state index in [0.29, 0.717) is 31.8 Å². The zero-order valence-corrected chi connectivity index (χ0v) is 19.2. The average molecular weight is 468 g/mol. The van der Waals surface area contributed by atoms with Crippen LogP contribution in [0.1, 0.15) is 11.5 Å². The fourth-order valence-electron chi connectivity index (χ4n) is 2.34. The molecule has 2 rings (SSSR count). The van der Waals surface area contributed by atoms with Crippen molar-refractivity contribution in [1.82, 2.24) is 9.80 Å². The lowest BCUT2D eigenvalue weighted by atomic mass is 9.86. The monoisotopic (exact) mass is 466 g/mol. The molecule has 1 aromatic carbocycles. The van der Waals surface area contributed by atoms with E-state index < -0.39 is 5.92 Å². The third-order valence-electron chi connectivity index (χ3n) is 3.80. The summed E-state index contributed by atoms with van der Waals surface area (Å²) >= 11 is 19.5. The molecule has 6 nitrogen and oxygen atoms in total. The summed E-state index contributed by atoms with van der Waals surface area (Å²) in [4.78, 5) is 12.0. The minimum atomic E-state index is -0.667. The first-order valence-electron chi connectivity index (χ1n) is 8.24. The Morgan fingerprint density at radius 3 is 1.66 bits per heavy atom. The van der Waals surface area contributed by atoms with Gasteiger partial charge in [0.05, 0.1) is 29.2 Å². The third kappa shape index (κ3) is 5.46. The molecule has 1 aromatic rings. The minimum Gasteiger partial charge on any atom is -0.353 e. The summed E-state index contributed by atoms with van der Waals surface area (Å²) in [6.07, 6.45) is 0. The van der Waals surface area contributed by atoms with Gasteiger partial charge in [-0.15, -0.1) is 0 Å². The van der Waals surface area contributed by atoms with E-state index in [9.17, 15) is 10.5 Å². The molecule has 1 heterocycles. The summed E-state index contributed by atoms with van der Waals surface area (Å²) in [6, 6.07) is 11.3. The van der Waals surface area contributed by atoms with E-state index >= 15 is 0 Å². The van der Waals surface area contributed by atoms with Crippen molar-refractivity contribution in [3.05, 3.63) is 56.1 Å². The van der Waals surface area contributed by atoms with Crippen molar-refractivity contribution in [1.29, 1.82) is 10.5 Å². The number of amidine groups is 2. The standard InChI is InChI=1S/C19H17Cl3N6S/c1-27(2)18(21)25-16-13(9-23)15(11-5-7-12(20)8-6-11)14(10-24)17(29-16)26-19(22)28(3)4/h5-8,15H,1-4H3/b25-18+,26-19+.